The maximum Gasteiger partial charge on any atom is 0.224 e. The molecule has 0 spiro atoms. The van der Waals surface area contributed by atoms with Gasteiger partial charge in [-0.2, -0.15) is 0 Å². The van der Waals surface area contributed by atoms with E-state index in [-0.39, 0.29) is 23.8 Å². The number of benzene rings is 1. The first-order chi connectivity index (χ1) is 9.34. The van der Waals surface area contributed by atoms with Crippen LogP contribution in [0.2, 0.25) is 5.02 Å². The second-order valence-electron chi connectivity index (χ2n) is 4.54. The molecule has 0 aliphatic carbocycles. The lowest BCUT2D eigenvalue weighted by Crippen LogP contribution is -2.16. The molecular weight excluding hydrogens is 300 g/mol. The summed E-state index contributed by atoms with van der Waals surface area (Å²) in [6.45, 7) is 1.81. The van der Waals surface area contributed by atoms with Crippen molar-refractivity contribution in [2.24, 2.45) is 0 Å². The minimum absolute atomic E-state index is 0.0271. The highest BCUT2D eigenvalue weighted by Gasteiger charge is 2.11. The van der Waals surface area contributed by atoms with Crippen LogP contribution in [0.25, 0.3) is 0 Å². The zero-order valence-electron chi connectivity index (χ0n) is 11.4. The van der Waals surface area contributed by atoms with Crippen LogP contribution < -0.4 is 11.1 Å². The molecule has 0 heterocycles. The second kappa shape index (κ2) is 7.50. The van der Waals surface area contributed by atoms with Crippen molar-refractivity contribution in [3.63, 3.8) is 0 Å². The topological polar surface area (TPSA) is 89.3 Å². The lowest BCUT2D eigenvalue weighted by atomic mass is 10.2. The number of hydrogen-bond donors (Lipinski definition) is 2. The molecule has 1 aromatic rings. The maximum atomic E-state index is 11.7. The van der Waals surface area contributed by atoms with Gasteiger partial charge in [0.15, 0.2) is 0 Å². The highest BCUT2D eigenvalue weighted by Crippen LogP contribution is 2.23. The van der Waals surface area contributed by atoms with Crippen LogP contribution in [0.5, 0.6) is 0 Å². The van der Waals surface area contributed by atoms with Crippen molar-refractivity contribution in [1.82, 2.24) is 0 Å². The van der Waals surface area contributed by atoms with Crippen LogP contribution in [-0.4, -0.2) is 25.8 Å². The van der Waals surface area contributed by atoms with Crippen molar-refractivity contribution in [2.45, 2.75) is 26.2 Å². The summed E-state index contributed by atoms with van der Waals surface area (Å²) in [4.78, 5) is 11.7. The molecule has 1 aromatic carbocycles. The molecule has 0 aliphatic heterocycles. The van der Waals surface area contributed by atoms with E-state index in [1.165, 1.54) is 0 Å². The first-order valence-corrected chi connectivity index (χ1v) is 8.59. The number of rotatable bonds is 7. The number of sulfone groups is 1. The van der Waals surface area contributed by atoms with E-state index in [4.69, 9.17) is 17.3 Å². The van der Waals surface area contributed by atoms with Crippen molar-refractivity contribution in [2.75, 3.05) is 22.6 Å². The number of halogens is 1. The number of nitrogen functional groups attached to an aromatic ring is 1. The first-order valence-electron chi connectivity index (χ1n) is 6.39. The largest absolute Gasteiger partial charge is 0.397 e. The summed E-state index contributed by atoms with van der Waals surface area (Å²) < 4.78 is 23.0. The van der Waals surface area contributed by atoms with E-state index in [1.807, 2.05) is 6.92 Å². The Kier molecular flexibility index (Phi) is 6.29. The molecule has 20 heavy (non-hydrogen) atoms. The molecule has 7 heteroatoms. The predicted octanol–water partition coefficient (Wildman–Crippen LogP) is 2.47. The van der Waals surface area contributed by atoms with E-state index in [9.17, 15) is 13.2 Å². The molecule has 0 saturated carbocycles. The van der Waals surface area contributed by atoms with Crippen molar-refractivity contribution in [3.05, 3.63) is 23.2 Å². The van der Waals surface area contributed by atoms with E-state index in [0.29, 0.717) is 29.2 Å². The molecular formula is C13H19ClN2O3S. The smallest absolute Gasteiger partial charge is 0.224 e. The van der Waals surface area contributed by atoms with Crippen molar-refractivity contribution in [3.8, 4) is 0 Å². The predicted molar refractivity (Wildman–Crippen MR) is 82.7 cm³/mol. The van der Waals surface area contributed by atoms with Crippen molar-refractivity contribution in [1.29, 1.82) is 0 Å². The molecule has 0 atom stereocenters. The van der Waals surface area contributed by atoms with E-state index < -0.39 is 9.84 Å². The van der Waals surface area contributed by atoms with E-state index in [0.717, 1.165) is 0 Å². The summed E-state index contributed by atoms with van der Waals surface area (Å²) >= 11 is 5.81. The lowest BCUT2D eigenvalue weighted by Gasteiger charge is -2.08. The summed E-state index contributed by atoms with van der Waals surface area (Å²) in [6, 6.07) is 4.79. The Bertz CT molecular complexity index is 573. The van der Waals surface area contributed by atoms with Gasteiger partial charge in [0, 0.05) is 17.2 Å². The van der Waals surface area contributed by atoms with Crippen molar-refractivity contribution >= 4 is 38.7 Å². The molecule has 1 amide bonds. The number of hydrogen-bond acceptors (Lipinski definition) is 4. The molecule has 0 bridgehead atoms. The van der Waals surface area contributed by atoms with Crippen LogP contribution in [0.4, 0.5) is 11.4 Å². The second-order valence-corrected chi connectivity index (χ2v) is 7.28. The average molecular weight is 319 g/mol. The Morgan fingerprint density at radius 3 is 2.70 bits per heavy atom. The van der Waals surface area contributed by atoms with Crippen LogP contribution >= 0.6 is 11.6 Å². The molecule has 0 aliphatic rings. The third-order valence-corrected chi connectivity index (χ3v) is 4.84. The van der Waals surface area contributed by atoms with Gasteiger partial charge in [0.05, 0.1) is 17.1 Å². The van der Waals surface area contributed by atoms with Gasteiger partial charge in [0.1, 0.15) is 9.84 Å². The van der Waals surface area contributed by atoms with Gasteiger partial charge in [-0.1, -0.05) is 18.5 Å². The highest BCUT2D eigenvalue weighted by atomic mass is 35.5. The molecule has 0 fully saturated rings. The third kappa shape index (κ3) is 5.79. The van der Waals surface area contributed by atoms with Crippen LogP contribution in [0.1, 0.15) is 26.2 Å². The standard InChI is InChI=1S/C13H19ClN2O3S/c1-2-7-20(18,19)8-3-4-13(17)16-12-9-10(14)5-6-11(12)15/h5-6,9H,2-4,7-8,15H2,1H3,(H,16,17). The Morgan fingerprint density at radius 2 is 2.05 bits per heavy atom. The highest BCUT2D eigenvalue weighted by molar-refractivity contribution is 7.91. The van der Waals surface area contributed by atoms with Gasteiger partial charge in [-0.3, -0.25) is 4.79 Å². The molecule has 112 valence electrons. The van der Waals surface area contributed by atoms with Gasteiger partial charge in [0.2, 0.25) is 5.91 Å². The number of carbonyl (C=O) groups is 1. The van der Waals surface area contributed by atoms with Gasteiger partial charge in [-0.05, 0) is 31.0 Å². The van der Waals surface area contributed by atoms with Crippen LogP contribution in [0.3, 0.4) is 0 Å². The maximum absolute atomic E-state index is 11.7. The van der Waals surface area contributed by atoms with Crippen molar-refractivity contribution < 1.29 is 13.2 Å². The minimum atomic E-state index is -3.04. The number of amides is 1. The molecule has 5 nitrogen and oxygen atoms in total. The normalized spacial score (nSPS) is 11.3. The number of nitrogens with two attached hydrogens (primary N) is 1. The zero-order valence-corrected chi connectivity index (χ0v) is 12.9. The van der Waals surface area contributed by atoms with E-state index in [1.54, 1.807) is 18.2 Å². The number of nitrogens with one attached hydrogen (secondary N) is 1. The average Bonchev–Trinajstić information content (AvgIpc) is 2.33. The van der Waals surface area contributed by atoms with Crippen LogP contribution in [0.15, 0.2) is 18.2 Å². The van der Waals surface area contributed by atoms with Crippen LogP contribution in [0, 0.1) is 0 Å². The molecule has 0 saturated heterocycles. The fourth-order valence-corrected chi connectivity index (χ4v) is 3.30. The third-order valence-electron chi connectivity index (χ3n) is 2.66. The lowest BCUT2D eigenvalue weighted by molar-refractivity contribution is -0.116. The summed E-state index contributed by atoms with van der Waals surface area (Å²) in [5.41, 5.74) is 6.57. The van der Waals surface area contributed by atoms with Gasteiger partial charge in [-0.25, -0.2) is 8.42 Å². The number of anilines is 2. The minimum Gasteiger partial charge on any atom is -0.397 e. The zero-order chi connectivity index (χ0) is 15.2. The molecule has 0 unspecified atom stereocenters. The van der Waals surface area contributed by atoms with E-state index in [2.05, 4.69) is 5.32 Å². The molecule has 0 aromatic heterocycles. The summed E-state index contributed by atoms with van der Waals surface area (Å²) in [7, 11) is -3.04. The number of carbonyl (C=O) groups excluding carboxylic acids is 1. The monoisotopic (exact) mass is 318 g/mol. The Labute approximate surface area is 124 Å². The Balaban J connectivity index is 2.47. The quantitative estimate of drug-likeness (QED) is 0.756. The van der Waals surface area contributed by atoms with Gasteiger partial charge >= 0.3 is 0 Å². The Morgan fingerprint density at radius 1 is 1.35 bits per heavy atom. The van der Waals surface area contributed by atoms with Gasteiger partial charge in [0.25, 0.3) is 0 Å². The fraction of sp³-hybridized carbons (Fsp3) is 0.462. The van der Waals surface area contributed by atoms with E-state index >= 15 is 0 Å². The van der Waals surface area contributed by atoms with Gasteiger partial charge < -0.3 is 11.1 Å². The Hall–Kier alpha value is -1.27. The summed E-state index contributed by atoms with van der Waals surface area (Å²) in [6.07, 6.45) is 1.02. The van der Waals surface area contributed by atoms with Crippen LogP contribution in [-0.2, 0) is 14.6 Å². The molecule has 3 N–H and O–H groups in total. The summed E-state index contributed by atoms with van der Waals surface area (Å²) in [5.74, 6) is -0.0829. The summed E-state index contributed by atoms with van der Waals surface area (Å²) in [5, 5.41) is 3.10. The SMILES string of the molecule is CCCS(=O)(=O)CCCC(=O)Nc1cc(Cl)ccc1N. The first kappa shape index (κ1) is 16.8. The van der Waals surface area contributed by atoms with Gasteiger partial charge in [-0.15, -0.1) is 0 Å². The molecule has 0 radical (unpaired) electrons. The fourth-order valence-electron chi connectivity index (χ4n) is 1.72. The molecule has 1 rings (SSSR count).